The number of carbonyl (C=O) groups excluding carboxylic acids is 4. The van der Waals surface area contributed by atoms with Crippen molar-refractivity contribution in [3.05, 3.63) is 0 Å². The van der Waals surface area contributed by atoms with Crippen molar-refractivity contribution in [2.24, 2.45) is 0 Å². The third kappa shape index (κ3) is 18.9. The highest BCUT2D eigenvalue weighted by Gasteiger charge is 2.34. The van der Waals surface area contributed by atoms with Crippen LogP contribution in [0, 0.1) is 0 Å². The highest BCUT2D eigenvalue weighted by Crippen LogP contribution is 2.13. The molecule has 17 nitrogen and oxygen atoms in total. The van der Waals surface area contributed by atoms with E-state index in [2.05, 4.69) is 10.2 Å². The molecule has 0 aromatic carbocycles. The molecule has 1 atom stereocenters. The topological polar surface area (TPSA) is 207 Å². The minimum absolute atomic E-state index is 0.0328. The van der Waals surface area contributed by atoms with E-state index in [9.17, 15) is 24.0 Å². The SMILES string of the molecule is COCCOCCOCCOCCOCCOCCOCCNC(=O)C(CC(=O)ON1C(=O)CCC1=O)NC(=O)O. The van der Waals surface area contributed by atoms with Crippen molar-refractivity contribution in [2.45, 2.75) is 25.3 Å². The van der Waals surface area contributed by atoms with Gasteiger partial charge in [0.25, 0.3) is 11.8 Å². The number of imide groups is 1. The number of ether oxygens (including phenoxy) is 7. The van der Waals surface area contributed by atoms with Crippen LogP contribution in [0.1, 0.15) is 19.3 Å². The Bertz CT molecular complexity index is 769. The molecule has 0 aromatic heterocycles. The first-order chi connectivity index (χ1) is 19.8. The number of nitrogens with zero attached hydrogens (tertiary/aromatic N) is 1. The van der Waals surface area contributed by atoms with Crippen LogP contribution in [0.25, 0.3) is 0 Å². The summed E-state index contributed by atoms with van der Waals surface area (Å²) in [6.45, 7) is 5.32. The summed E-state index contributed by atoms with van der Waals surface area (Å²) >= 11 is 0. The second-order valence-corrected chi connectivity index (χ2v) is 8.21. The Morgan fingerprint density at radius 3 is 1.56 bits per heavy atom. The largest absolute Gasteiger partial charge is 0.465 e. The molecule has 3 N–H and O–H groups in total. The lowest BCUT2D eigenvalue weighted by Gasteiger charge is -2.18. The lowest BCUT2D eigenvalue weighted by Crippen LogP contribution is -2.48. The zero-order valence-electron chi connectivity index (χ0n) is 23.3. The molecule has 1 saturated heterocycles. The van der Waals surface area contributed by atoms with Gasteiger partial charge in [-0.3, -0.25) is 14.4 Å². The molecule has 41 heavy (non-hydrogen) atoms. The maximum Gasteiger partial charge on any atom is 0.405 e. The van der Waals surface area contributed by atoms with Crippen LogP contribution < -0.4 is 10.6 Å². The number of hydrogen-bond donors (Lipinski definition) is 3. The van der Waals surface area contributed by atoms with E-state index in [0.29, 0.717) is 77.7 Å². The normalized spacial score (nSPS) is 13.8. The highest BCUT2D eigenvalue weighted by molar-refractivity contribution is 6.01. The third-order valence-electron chi connectivity index (χ3n) is 5.02. The molecule has 17 heteroatoms. The second-order valence-electron chi connectivity index (χ2n) is 8.21. The fourth-order valence-electron chi connectivity index (χ4n) is 3.04. The Morgan fingerprint density at radius 1 is 0.732 bits per heavy atom. The summed E-state index contributed by atoms with van der Waals surface area (Å²) in [5.41, 5.74) is 0. The summed E-state index contributed by atoms with van der Waals surface area (Å²) in [6, 6.07) is -1.49. The van der Waals surface area contributed by atoms with Gasteiger partial charge in [0.2, 0.25) is 5.91 Å². The minimum Gasteiger partial charge on any atom is -0.465 e. The van der Waals surface area contributed by atoms with Gasteiger partial charge in [0.1, 0.15) is 6.04 Å². The van der Waals surface area contributed by atoms with Crippen LogP contribution in [0.3, 0.4) is 0 Å². The molecule has 1 fully saturated rings. The van der Waals surface area contributed by atoms with Crippen molar-refractivity contribution in [3.63, 3.8) is 0 Å². The van der Waals surface area contributed by atoms with Gasteiger partial charge in [0.15, 0.2) is 0 Å². The number of rotatable bonds is 26. The number of nitrogens with one attached hydrogen (secondary N) is 2. The maximum atomic E-state index is 12.3. The molecule has 1 unspecified atom stereocenters. The van der Waals surface area contributed by atoms with Crippen LogP contribution in [0.5, 0.6) is 0 Å². The fourth-order valence-corrected chi connectivity index (χ4v) is 3.04. The van der Waals surface area contributed by atoms with Gasteiger partial charge >= 0.3 is 12.1 Å². The monoisotopic (exact) mass is 595 g/mol. The van der Waals surface area contributed by atoms with E-state index >= 15 is 0 Å². The van der Waals surface area contributed by atoms with Crippen LogP contribution in [0.2, 0.25) is 0 Å². The van der Waals surface area contributed by atoms with Crippen molar-refractivity contribution >= 4 is 29.8 Å². The number of hydrogen-bond acceptors (Lipinski definition) is 13. The third-order valence-corrected chi connectivity index (χ3v) is 5.02. The number of methoxy groups -OCH3 is 1. The lowest BCUT2D eigenvalue weighted by atomic mass is 10.2. The van der Waals surface area contributed by atoms with Crippen molar-refractivity contribution < 1.29 is 67.1 Å². The van der Waals surface area contributed by atoms with E-state index in [1.807, 2.05) is 5.32 Å². The minimum atomic E-state index is -1.54. The first-order valence-corrected chi connectivity index (χ1v) is 13.1. The van der Waals surface area contributed by atoms with E-state index in [4.69, 9.17) is 38.3 Å². The smallest absolute Gasteiger partial charge is 0.405 e. The van der Waals surface area contributed by atoms with E-state index < -0.39 is 42.2 Å². The number of carboxylic acid groups (broad SMARTS) is 1. The molecule has 0 spiro atoms. The quantitative estimate of drug-likeness (QED) is 0.0767. The maximum absolute atomic E-state index is 12.3. The van der Waals surface area contributed by atoms with Crippen molar-refractivity contribution in [3.8, 4) is 0 Å². The molecular weight excluding hydrogens is 554 g/mol. The molecule has 0 saturated carbocycles. The Balaban J connectivity index is 1.97. The van der Waals surface area contributed by atoms with Crippen molar-refractivity contribution in [1.29, 1.82) is 0 Å². The summed E-state index contributed by atoms with van der Waals surface area (Å²) < 4.78 is 36.9. The molecule has 0 aliphatic carbocycles. The Kier molecular flexibility index (Phi) is 20.9. The van der Waals surface area contributed by atoms with Gasteiger partial charge in [-0.25, -0.2) is 9.59 Å². The van der Waals surface area contributed by atoms with Gasteiger partial charge < -0.3 is 53.7 Å². The predicted octanol–water partition coefficient (Wildman–Crippen LogP) is -1.52. The highest BCUT2D eigenvalue weighted by atomic mass is 16.7. The molecule has 0 aromatic rings. The van der Waals surface area contributed by atoms with Gasteiger partial charge in [-0.05, 0) is 0 Å². The van der Waals surface area contributed by atoms with E-state index in [1.54, 1.807) is 7.11 Å². The first-order valence-electron chi connectivity index (χ1n) is 13.1. The zero-order chi connectivity index (χ0) is 30.1. The lowest BCUT2D eigenvalue weighted by molar-refractivity contribution is -0.197. The Morgan fingerprint density at radius 2 is 1.15 bits per heavy atom. The molecule has 4 amide bonds. The molecular formula is C24H41N3O14. The van der Waals surface area contributed by atoms with E-state index in [1.165, 1.54) is 0 Å². The summed E-state index contributed by atoms with van der Waals surface area (Å²) in [5, 5.41) is 13.6. The summed E-state index contributed by atoms with van der Waals surface area (Å²) in [6.07, 6.45) is -2.46. The van der Waals surface area contributed by atoms with Crippen LogP contribution in [-0.4, -0.2) is 146 Å². The van der Waals surface area contributed by atoms with Crippen LogP contribution in [-0.2, 0) is 57.2 Å². The molecule has 236 valence electrons. The summed E-state index contributed by atoms with van der Waals surface area (Å²) in [7, 11) is 1.62. The number of amides is 4. The van der Waals surface area contributed by atoms with E-state index in [-0.39, 0.29) is 32.6 Å². The van der Waals surface area contributed by atoms with Crippen molar-refractivity contribution in [1.82, 2.24) is 15.7 Å². The molecule has 0 bridgehead atoms. The van der Waals surface area contributed by atoms with Crippen LogP contribution in [0.4, 0.5) is 4.79 Å². The average molecular weight is 596 g/mol. The number of carbonyl (C=O) groups is 5. The molecule has 1 rings (SSSR count). The second kappa shape index (κ2) is 23.7. The molecule has 1 aliphatic rings. The fraction of sp³-hybridized carbons (Fsp3) is 0.792. The van der Waals surface area contributed by atoms with Gasteiger partial charge in [-0.2, -0.15) is 0 Å². The summed E-state index contributed by atoms with van der Waals surface area (Å²) in [5.74, 6) is -3.30. The van der Waals surface area contributed by atoms with E-state index in [0.717, 1.165) is 0 Å². The molecule has 1 heterocycles. The van der Waals surface area contributed by atoms with Crippen LogP contribution >= 0.6 is 0 Å². The first kappa shape index (κ1) is 36.1. The van der Waals surface area contributed by atoms with Gasteiger partial charge in [0, 0.05) is 26.5 Å². The van der Waals surface area contributed by atoms with Crippen LogP contribution in [0.15, 0.2) is 0 Å². The Labute approximate surface area is 237 Å². The van der Waals surface area contributed by atoms with Gasteiger partial charge in [-0.1, -0.05) is 0 Å². The molecule has 1 aliphatic heterocycles. The van der Waals surface area contributed by atoms with Crippen molar-refractivity contribution in [2.75, 3.05) is 99.5 Å². The summed E-state index contributed by atoms with van der Waals surface area (Å²) in [4.78, 5) is 63.0. The number of hydroxylamine groups is 2. The predicted molar refractivity (Wildman–Crippen MR) is 137 cm³/mol. The zero-order valence-corrected chi connectivity index (χ0v) is 23.3. The molecule has 0 radical (unpaired) electrons. The Hall–Kier alpha value is -2.93. The van der Waals surface area contributed by atoms with Gasteiger partial charge in [0.05, 0.1) is 92.3 Å². The average Bonchev–Trinajstić information content (AvgIpc) is 3.25. The standard InChI is InChI=1S/C24H41N3O14/c1-34-6-7-36-10-11-38-14-15-40-17-16-39-13-12-37-9-8-35-5-4-25-23(31)19(26-24(32)33)18-22(30)41-27-20(28)2-3-21(27)29/h19,26H,2-18H2,1H3,(H,25,31)(H,32,33). The van der Waals surface area contributed by atoms with Gasteiger partial charge in [-0.15, -0.1) is 5.06 Å².